The number of hydrogen-bond acceptors (Lipinski definition) is 2. The molecule has 2 aromatic carbocycles. The average molecular weight is 305 g/mol. The molecule has 3 rings (SSSR count). The van der Waals surface area contributed by atoms with E-state index in [9.17, 15) is 9.50 Å². The normalized spacial score (nSPS) is 14.2. The van der Waals surface area contributed by atoms with Crippen molar-refractivity contribution in [1.82, 2.24) is 0 Å². The molecule has 1 heterocycles. The van der Waals surface area contributed by atoms with Gasteiger partial charge in [0, 0.05) is 17.7 Å². The van der Waals surface area contributed by atoms with Crippen molar-refractivity contribution < 1.29 is 13.9 Å². The van der Waals surface area contributed by atoms with Gasteiger partial charge in [0.2, 0.25) is 0 Å². The second-order valence-corrected chi connectivity index (χ2v) is 5.31. The molecule has 3 aromatic rings. The van der Waals surface area contributed by atoms with Crippen LogP contribution in [-0.2, 0) is 5.60 Å². The second kappa shape index (κ2) is 5.51. The van der Waals surface area contributed by atoms with Gasteiger partial charge in [-0.3, -0.25) is 0 Å². The Hall–Kier alpha value is -1.84. The summed E-state index contributed by atoms with van der Waals surface area (Å²) in [5, 5.41) is 11.7. The number of fused-ring (bicyclic) bond motifs is 1. The molecule has 0 fully saturated rings. The molecule has 0 saturated heterocycles. The van der Waals surface area contributed by atoms with Gasteiger partial charge in [-0.05, 0) is 17.7 Å². The lowest BCUT2D eigenvalue weighted by Gasteiger charge is -2.25. The Labute approximate surface area is 126 Å². The standard InChI is InChI=1S/C17H14ClFO2/c18-10-9-17(20,13-6-2-1-3-7-13)15-11-12-5-4-8-14(19)16(12)21-15/h1-8,11,20H,9-10H2. The number of hydrogen-bond donors (Lipinski definition) is 1. The Morgan fingerprint density at radius 3 is 2.52 bits per heavy atom. The highest BCUT2D eigenvalue weighted by molar-refractivity contribution is 6.17. The summed E-state index contributed by atoms with van der Waals surface area (Å²) in [7, 11) is 0. The lowest BCUT2D eigenvalue weighted by molar-refractivity contribution is 0.0551. The maximum absolute atomic E-state index is 13.8. The third-order valence-electron chi connectivity index (χ3n) is 3.61. The zero-order valence-electron chi connectivity index (χ0n) is 11.2. The van der Waals surface area contributed by atoms with Crippen LogP contribution in [0, 0.1) is 5.82 Å². The molecule has 0 radical (unpaired) electrons. The first-order valence-electron chi connectivity index (χ1n) is 6.67. The molecule has 1 N–H and O–H groups in total. The SMILES string of the molecule is OC(CCCl)(c1ccccc1)c1cc2cccc(F)c2o1. The molecular weight excluding hydrogens is 291 g/mol. The molecule has 1 aromatic heterocycles. The van der Waals surface area contributed by atoms with Crippen molar-refractivity contribution >= 4 is 22.6 Å². The summed E-state index contributed by atoms with van der Waals surface area (Å²) < 4.78 is 19.4. The molecule has 4 heteroatoms. The Morgan fingerprint density at radius 2 is 1.86 bits per heavy atom. The van der Waals surface area contributed by atoms with E-state index in [1.54, 1.807) is 30.3 Å². The number of halogens is 2. The molecular formula is C17H14ClFO2. The first-order chi connectivity index (χ1) is 10.1. The van der Waals surface area contributed by atoms with Gasteiger partial charge in [-0.1, -0.05) is 42.5 Å². The lowest BCUT2D eigenvalue weighted by Crippen LogP contribution is -2.27. The molecule has 2 nitrogen and oxygen atoms in total. The minimum atomic E-state index is -1.37. The van der Waals surface area contributed by atoms with Gasteiger partial charge in [-0.2, -0.15) is 0 Å². The zero-order chi connectivity index (χ0) is 14.9. The van der Waals surface area contributed by atoms with E-state index in [-0.39, 0.29) is 17.9 Å². The highest BCUT2D eigenvalue weighted by Gasteiger charge is 2.34. The maximum atomic E-state index is 13.8. The van der Waals surface area contributed by atoms with E-state index in [2.05, 4.69) is 0 Å². The fourth-order valence-electron chi connectivity index (χ4n) is 2.49. The number of rotatable bonds is 4. The van der Waals surface area contributed by atoms with Gasteiger partial charge in [-0.25, -0.2) is 4.39 Å². The van der Waals surface area contributed by atoms with Crippen LogP contribution in [0.4, 0.5) is 4.39 Å². The Kier molecular flexibility index (Phi) is 3.70. The van der Waals surface area contributed by atoms with E-state index in [1.165, 1.54) is 6.07 Å². The van der Waals surface area contributed by atoms with Crippen LogP contribution in [-0.4, -0.2) is 11.0 Å². The van der Waals surface area contributed by atoms with E-state index in [1.807, 2.05) is 18.2 Å². The fraction of sp³-hybridized carbons (Fsp3) is 0.176. The van der Waals surface area contributed by atoms with Gasteiger partial charge in [0.1, 0.15) is 11.4 Å². The van der Waals surface area contributed by atoms with Gasteiger partial charge in [0.25, 0.3) is 0 Å². The summed E-state index contributed by atoms with van der Waals surface area (Å²) in [6.45, 7) is 0. The van der Waals surface area contributed by atoms with Crippen molar-refractivity contribution in [2.24, 2.45) is 0 Å². The molecule has 1 atom stereocenters. The smallest absolute Gasteiger partial charge is 0.170 e. The third-order valence-corrected chi connectivity index (χ3v) is 3.80. The monoisotopic (exact) mass is 304 g/mol. The number of para-hydroxylation sites is 1. The Morgan fingerprint density at radius 1 is 1.10 bits per heavy atom. The van der Waals surface area contributed by atoms with Crippen LogP contribution in [0.15, 0.2) is 59.0 Å². The van der Waals surface area contributed by atoms with Crippen LogP contribution >= 0.6 is 11.6 Å². The van der Waals surface area contributed by atoms with Gasteiger partial charge in [-0.15, -0.1) is 11.6 Å². The number of furan rings is 1. The number of alkyl halides is 1. The summed E-state index contributed by atoms with van der Waals surface area (Å²) in [5.41, 5.74) is -0.546. The zero-order valence-corrected chi connectivity index (χ0v) is 12.0. The van der Waals surface area contributed by atoms with Gasteiger partial charge in [0.15, 0.2) is 11.4 Å². The number of benzene rings is 2. The summed E-state index contributed by atoms with van der Waals surface area (Å²) in [4.78, 5) is 0. The largest absolute Gasteiger partial charge is 0.455 e. The van der Waals surface area contributed by atoms with Crippen molar-refractivity contribution in [3.63, 3.8) is 0 Å². The molecule has 108 valence electrons. The molecule has 0 amide bonds. The highest BCUT2D eigenvalue weighted by Crippen LogP contribution is 2.37. The Balaban J connectivity index is 2.18. The van der Waals surface area contributed by atoms with Crippen molar-refractivity contribution in [2.75, 3.05) is 5.88 Å². The molecule has 0 aliphatic carbocycles. The van der Waals surface area contributed by atoms with Crippen LogP contribution in [0.5, 0.6) is 0 Å². The predicted octanol–water partition coefficient (Wildman–Crippen LogP) is 4.44. The molecule has 0 bridgehead atoms. The summed E-state index contributed by atoms with van der Waals surface area (Å²) in [5.74, 6) is 0.111. The summed E-state index contributed by atoms with van der Waals surface area (Å²) >= 11 is 5.84. The third kappa shape index (κ3) is 2.43. The topological polar surface area (TPSA) is 33.4 Å². The maximum Gasteiger partial charge on any atom is 0.170 e. The van der Waals surface area contributed by atoms with E-state index in [0.717, 1.165) is 0 Å². The van der Waals surface area contributed by atoms with Crippen LogP contribution in [0.1, 0.15) is 17.7 Å². The van der Waals surface area contributed by atoms with E-state index in [4.69, 9.17) is 16.0 Å². The predicted molar refractivity (Wildman–Crippen MR) is 80.9 cm³/mol. The Bertz CT molecular complexity index is 754. The van der Waals surface area contributed by atoms with Gasteiger partial charge in [0.05, 0.1) is 0 Å². The summed E-state index contributed by atoms with van der Waals surface area (Å²) in [6, 6.07) is 15.5. The van der Waals surface area contributed by atoms with Crippen LogP contribution < -0.4 is 0 Å². The first-order valence-corrected chi connectivity index (χ1v) is 7.21. The molecule has 0 saturated carbocycles. The van der Waals surface area contributed by atoms with E-state index < -0.39 is 11.4 Å². The van der Waals surface area contributed by atoms with Gasteiger partial charge < -0.3 is 9.52 Å². The van der Waals surface area contributed by atoms with E-state index in [0.29, 0.717) is 16.7 Å². The lowest BCUT2D eigenvalue weighted by atomic mass is 9.88. The highest BCUT2D eigenvalue weighted by atomic mass is 35.5. The van der Waals surface area contributed by atoms with Crippen molar-refractivity contribution in [1.29, 1.82) is 0 Å². The summed E-state index contributed by atoms with van der Waals surface area (Å²) in [6.07, 6.45) is 0.278. The van der Waals surface area contributed by atoms with Crippen LogP contribution in [0.25, 0.3) is 11.0 Å². The molecule has 0 spiro atoms. The van der Waals surface area contributed by atoms with Crippen LogP contribution in [0.3, 0.4) is 0 Å². The van der Waals surface area contributed by atoms with Crippen molar-refractivity contribution in [2.45, 2.75) is 12.0 Å². The molecule has 1 unspecified atom stereocenters. The quantitative estimate of drug-likeness (QED) is 0.723. The van der Waals surface area contributed by atoms with Crippen LogP contribution in [0.2, 0.25) is 0 Å². The average Bonchev–Trinajstić information content (AvgIpc) is 2.94. The first kappa shape index (κ1) is 14.1. The minimum Gasteiger partial charge on any atom is -0.455 e. The fourth-order valence-corrected chi connectivity index (χ4v) is 2.77. The molecule has 0 aliphatic heterocycles. The van der Waals surface area contributed by atoms with E-state index >= 15 is 0 Å². The second-order valence-electron chi connectivity index (χ2n) is 4.93. The number of aliphatic hydroxyl groups is 1. The molecule has 0 aliphatic rings. The molecule has 21 heavy (non-hydrogen) atoms. The van der Waals surface area contributed by atoms with Crippen molar-refractivity contribution in [3.05, 3.63) is 71.7 Å². The van der Waals surface area contributed by atoms with Gasteiger partial charge >= 0.3 is 0 Å². The minimum absolute atomic E-state index is 0.149. The van der Waals surface area contributed by atoms with Crippen molar-refractivity contribution in [3.8, 4) is 0 Å².